The fraction of sp³-hybridized carbons (Fsp3) is 0.278. The predicted octanol–water partition coefficient (Wildman–Crippen LogP) is 4.30. The van der Waals surface area contributed by atoms with E-state index in [2.05, 4.69) is 21.2 Å². The minimum absolute atomic E-state index is 0.160. The third-order valence-corrected chi connectivity index (χ3v) is 6.14. The fourth-order valence-corrected chi connectivity index (χ4v) is 3.88. The smallest absolute Gasteiger partial charge is 0.232 e. The number of rotatable bonds is 8. The second-order valence-electron chi connectivity index (χ2n) is 5.79. The number of nitrogens with one attached hydrogen (secondary N) is 1. The second-order valence-corrected chi connectivity index (χ2v) is 8.96. The molecule has 0 aromatic heterocycles. The highest BCUT2D eigenvalue weighted by molar-refractivity contribution is 9.10. The maximum atomic E-state index is 12.2. The number of benzene rings is 2. The maximum absolute atomic E-state index is 12.2. The van der Waals surface area contributed by atoms with Crippen molar-refractivity contribution in [1.82, 2.24) is 0 Å². The van der Waals surface area contributed by atoms with E-state index in [9.17, 15) is 13.2 Å². The van der Waals surface area contributed by atoms with Gasteiger partial charge in [0.05, 0.1) is 24.1 Å². The highest BCUT2D eigenvalue weighted by Crippen LogP contribution is 2.30. The highest BCUT2D eigenvalue weighted by Gasteiger charge is 2.20. The molecule has 0 bridgehead atoms. The van der Waals surface area contributed by atoms with E-state index in [4.69, 9.17) is 16.3 Å². The van der Waals surface area contributed by atoms with Crippen LogP contribution in [0.3, 0.4) is 0 Å². The van der Waals surface area contributed by atoms with Gasteiger partial charge in [-0.25, -0.2) is 8.42 Å². The van der Waals surface area contributed by atoms with Crippen LogP contribution in [0.1, 0.15) is 12.8 Å². The number of sulfonamides is 1. The summed E-state index contributed by atoms with van der Waals surface area (Å²) in [5.41, 5.74) is 1.03. The lowest BCUT2D eigenvalue weighted by Gasteiger charge is -2.24. The average Bonchev–Trinajstić information content (AvgIpc) is 2.61. The molecule has 0 saturated heterocycles. The molecule has 6 nitrogen and oxygen atoms in total. The van der Waals surface area contributed by atoms with Gasteiger partial charge in [-0.1, -0.05) is 23.7 Å². The van der Waals surface area contributed by atoms with Crippen LogP contribution >= 0.6 is 27.5 Å². The molecule has 0 saturated carbocycles. The van der Waals surface area contributed by atoms with Crippen molar-refractivity contribution in [3.63, 3.8) is 0 Å². The Morgan fingerprint density at radius 2 is 1.96 bits per heavy atom. The molecule has 0 fully saturated rings. The van der Waals surface area contributed by atoms with E-state index in [1.165, 1.54) is 11.4 Å². The van der Waals surface area contributed by atoms with Crippen LogP contribution in [0.2, 0.25) is 5.02 Å². The Labute approximate surface area is 172 Å². The summed E-state index contributed by atoms with van der Waals surface area (Å²) in [6.45, 7) is 0.160. The SMILES string of the molecule is COc1ccccc1N(CCCC(=O)Nc1ccc(Br)c(Cl)c1)S(C)(=O)=O. The van der Waals surface area contributed by atoms with Crippen LogP contribution in [-0.4, -0.2) is 34.2 Å². The molecule has 2 rings (SSSR count). The van der Waals surface area contributed by atoms with Gasteiger partial charge in [-0.2, -0.15) is 0 Å². The first-order valence-corrected chi connectivity index (χ1v) is 11.1. The second kappa shape index (κ2) is 9.43. The summed E-state index contributed by atoms with van der Waals surface area (Å²) < 4.78 is 31.6. The fourth-order valence-electron chi connectivity index (χ4n) is 2.48. The van der Waals surface area contributed by atoms with Crippen LogP contribution in [0, 0.1) is 0 Å². The normalized spacial score (nSPS) is 11.1. The zero-order valence-electron chi connectivity index (χ0n) is 14.9. The third kappa shape index (κ3) is 6.12. The Hall–Kier alpha value is -1.77. The largest absolute Gasteiger partial charge is 0.495 e. The van der Waals surface area contributed by atoms with Crippen molar-refractivity contribution >= 4 is 54.8 Å². The number of halogens is 2. The first-order valence-electron chi connectivity index (χ1n) is 8.08. The van der Waals surface area contributed by atoms with Gasteiger partial charge in [-0.3, -0.25) is 9.10 Å². The first kappa shape index (κ1) is 21.5. The zero-order chi connectivity index (χ0) is 20.0. The van der Waals surface area contributed by atoms with E-state index in [1.54, 1.807) is 42.5 Å². The van der Waals surface area contributed by atoms with E-state index < -0.39 is 10.0 Å². The minimum atomic E-state index is -3.52. The van der Waals surface area contributed by atoms with Crippen molar-refractivity contribution in [3.8, 4) is 5.75 Å². The molecule has 1 N–H and O–H groups in total. The molecule has 2 aromatic carbocycles. The van der Waals surface area contributed by atoms with Crippen LogP contribution in [-0.2, 0) is 14.8 Å². The molecule has 0 aliphatic rings. The molecule has 0 radical (unpaired) electrons. The molecular formula is C18H20BrClN2O4S. The number of nitrogens with zero attached hydrogens (tertiary/aromatic N) is 1. The van der Waals surface area contributed by atoms with Gasteiger partial charge >= 0.3 is 0 Å². The van der Waals surface area contributed by atoms with Crippen LogP contribution in [0.5, 0.6) is 5.75 Å². The Balaban J connectivity index is 2.01. The number of methoxy groups -OCH3 is 1. The van der Waals surface area contributed by atoms with Gasteiger partial charge < -0.3 is 10.1 Å². The van der Waals surface area contributed by atoms with E-state index in [0.717, 1.165) is 10.7 Å². The number of carbonyl (C=O) groups excluding carboxylic acids is 1. The number of hydrogen-bond acceptors (Lipinski definition) is 4. The van der Waals surface area contributed by atoms with Crippen LogP contribution in [0.4, 0.5) is 11.4 Å². The molecule has 2 aromatic rings. The van der Waals surface area contributed by atoms with Gasteiger partial charge in [0.1, 0.15) is 5.75 Å². The number of amides is 1. The summed E-state index contributed by atoms with van der Waals surface area (Å²) in [5.74, 6) is 0.235. The van der Waals surface area contributed by atoms with Crippen molar-refractivity contribution in [2.75, 3.05) is 29.5 Å². The lowest BCUT2D eigenvalue weighted by molar-refractivity contribution is -0.116. The highest BCUT2D eigenvalue weighted by atomic mass is 79.9. The summed E-state index contributed by atoms with van der Waals surface area (Å²) in [6.07, 6.45) is 1.64. The summed E-state index contributed by atoms with van der Waals surface area (Å²) in [6, 6.07) is 12.0. The number of hydrogen-bond donors (Lipinski definition) is 1. The molecule has 0 spiro atoms. The molecule has 146 valence electrons. The quantitative estimate of drug-likeness (QED) is 0.618. The molecule has 0 aliphatic heterocycles. The predicted molar refractivity (Wildman–Crippen MR) is 112 cm³/mol. The number of para-hydroxylation sites is 2. The van der Waals surface area contributed by atoms with Gasteiger partial charge in [0, 0.05) is 23.1 Å². The molecule has 0 atom stereocenters. The molecule has 27 heavy (non-hydrogen) atoms. The van der Waals surface area contributed by atoms with E-state index >= 15 is 0 Å². The van der Waals surface area contributed by atoms with Crippen LogP contribution < -0.4 is 14.4 Å². The van der Waals surface area contributed by atoms with E-state index in [1.807, 2.05) is 0 Å². The Kier molecular flexibility index (Phi) is 7.52. The Morgan fingerprint density at radius 3 is 2.59 bits per heavy atom. The lowest BCUT2D eigenvalue weighted by atomic mass is 10.2. The van der Waals surface area contributed by atoms with Crippen molar-refractivity contribution in [2.45, 2.75) is 12.8 Å². The number of ether oxygens (including phenoxy) is 1. The lowest BCUT2D eigenvalue weighted by Crippen LogP contribution is -2.31. The van der Waals surface area contributed by atoms with E-state index in [0.29, 0.717) is 28.6 Å². The number of carbonyl (C=O) groups is 1. The van der Waals surface area contributed by atoms with Gasteiger partial charge in [0.2, 0.25) is 15.9 Å². The Morgan fingerprint density at radius 1 is 1.26 bits per heavy atom. The van der Waals surface area contributed by atoms with E-state index in [-0.39, 0.29) is 18.9 Å². The van der Waals surface area contributed by atoms with Crippen molar-refractivity contribution in [2.24, 2.45) is 0 Å². The maximum Gasteiger partial charge on any atom is 0.232 e. The van der Waals surface area contributed by atoms with Gasteiger partial charge in [-0.15, -0.1) is 0 Å². The van der Waals surface area contributed by atoms with Crippen molar-refractivity contribution in [1.29, 1.82) is 0 Å². The van der Waals surface area contributed by atoms with Crippen molar-refractivity contribution in [3.05, 3.63) is 52.0 Å². The summed E-state index contributed by atoms with van der Waals surface area (Å²) in [7, 11) is -2.04. The van der Waals surface area contributed by atoms with Crippen LogP contribution in [0.25, 0.3) is 0 Å². The van der Waals surface area contributed by atoms with Gasteiger partial charge in [0.15, 0.2) is 0 Å². The summed E-state index contributed by atoms with van der Waals surface area (Å²) in [5, 5.41) is 3.24. The summed E-state index contributed by atoms with van der Waals surface area (Å²) in [4.78, 5) is 12.1. The topological polar surface area (TPSA) is 75.7 Å². The standard InChI is InChI=1S/C18H20BrClN2O4S/c1-26-17-7-4-3-6-16(17)22(27(2,24)25)11-5-8-18(23)21-13-9-10-14(19)15(20)12-13/h3-4,6-7,9-10,12H,5,8,11H2,1-2H3,(H,21,23). The zero-order valence-corrected chi connectivity index (χ0v) is 18.1. The Bertz CT molecular complexity index is 921. The molecule has 0 heterocycles. The van der Waals surface area contributed by atoms with Gasteiger partial charge in [-0.05, 0) is 52.7 Å². The molecule has 9 heteroatoms. The minimum Gasteiger partial charge on any atom is -0.495 e. The monoisotopic (exact) mass is 474 g/mol. The molecule has 0 unspecified atom stereocenters. The van der Waals surface area contributed by atoms with Gasteiger partial charge in [0.25, 0.3) is 0 Å². The molecular weight excluding hydrogens is 456 g/mol. The third-order valence-electron chi connectivity index (χ3n) is 3.72. The average molecular weight is 476 g/mol. The number of anilines is 2. The summed E-state index contributed by atoms with van der Waals surface area (Å²) >= 11 is 9.29. The molecule has 0 aliphatic carbocycles. The van der Waals surface area contributed by atoms with Crippen molar-refractivity contribution < 1.29 is 17.9 Å². The van der Waals surface area contributed by atoms with Crippen LogP contribution in [0.15, 0.2) is 46.9 Å². The first-order chi connectivity index (χ1) is 12.7. The molecule has 1 amide bonds.